The molecule has 0 aliphatic rings. The van der Waals surface area contributed by atoms with Gasteiger partial charge < -0.3 is 10.6 Å². The van der Waals surface area contributed by atoms with Gasteiger partial charge in [-0.1, -0.05) is 36.4 Å². The molecule has 0 aliphatic carbocycles. The van der Waals surface area contributed by atoms with E-state index in [0.29, 0.717) is 0 Å². The van der Waals surface area contributed by atoms with E-state index in [1.54, 1.807) is 13.3 Å². The summed E-state index contributed by atoms with van der Waals surface area (Å²) >= 11 is 0. The summed E-state index contributed by atoms with van der Waals surface area (Å²) in [6.45, 7) is 9.05. The van der Waals surface area contributed by atoms with Gasteiger partial charge in [-0.05, 0) is 29.7 Å². The zero-order valence-corrected chi connectivity index (χ0v) is 12.6. The molecule has 0 fully saturated rings. The van der Waals surface area contributed by atoms with E-state index in [2.05, 4.69) is 30.4 Å². The standard InChI is InChI=1S/C15H16N2O.2CHN/c1-11-3-8-14(15(9-11)18-2)13-6-4-12(5-7-13)10-17-16;2*1-2/h3-10H,16H2,1-2H3;2*1H. The lowest BCUT2D eigenvalue weighted by atomic mass is 10.0. The molecule has 0 amide bonds. The summed E-state index contributed by atoms with van der Waals surface area (Å²) in [4.78, 5) is 0. The maximum Gasteiger partial charge on any atom is 0.126 e. The Balaban J connectivity index is 0.00000102. The highest BCUT2D eigenvalue weighted by Crippen LogP contribution is 2.30. The molecule has 0 aliphatic heterocycles. The molecule has 0 unspecified atom stereocenters. The Morgan fingerprint density at radius 3 is 2.14 bits per heavy atom. The normalized spacial score (nSPS) is 9.00. The van der Waals surface area contributed by atoms with Crippen molar-refractivity contribution in [3.05, 3.63) is 53.6 Å². The Bertz CT molecular complexity index is 637. The third-order valence-electron chi connectivity index (χ3n) is 2.80. The van der Waals surface area contributed by atoms with Crippen LogP contribution in [-0.2, 0) is 0 Å². The maximum atomic E-state index is 6.50. The number of ether oxygens (including phenoxy) is 1. The van der Waals surface area contributed by atoms with Gasteiger partial charge in [0.1, 0.15) is 5.75 Å². The van der Waals surface area contributed by atoms with Crippen LogP contribution >= 0.6 is 0 Å². The van der Waals surface area contributed by atoms with Crippen molar-refractivity contribution in [2.45, 2.75) is 6.92 Å². The molecule has 0 radical (unpaired) electrons. The van der Waals surface area contributed by atoms with Crippen LogP contribution in [-0.4, -0.2) is 13.3 Å². The third-order valence-corrected chi connectivity index (χ3v) is 2.80. The van der Waals surface area contributed by atoms with Gasteiger partial charge in [0, 0.05) is 18.7 Å². The van der Waals surface area contributed by atoms with E-state index in [0.717, 1.165) is 22.4 Å². The topological polar surface area (TPSA) is 95.2 Å². The van der Waals surface area contributed by atoms with Gasteiger partial charge in [0.25, 0.3) is 0 Å². The van der Waals surface area contributed by atoms with E-state index in [4.69, 9.17) is 21.1 Å². The van der Waals surface area contributed by atoms with Gasteiger partial charge in [-0.2, -0.15) is 5.10 Å². The number of methoxy groups -OCH3 is 1. The molecule has 2 aromatic rings. The van der Waals surface area contributed by atoms with Crippen LogP contribution in [0.25, 0.3) is 11.1 Å². The van der Waals surface area contributed by atoms with Gasteiger partial charge in [-0.15, -0.1) is 0 Å². The first-order valence-corrected chi connectivity index (χ1v) is 6.24. The fourth-order valence-electron chi connectivity index (χ4n) is 1.87. The number of rotatable bonds is 3. The second kappa shape index (κ2) is 10.5. The monoisotopic (exact) mass is 294 g/mol. The Morgan fingerprint density at radius 2 is 1.64 bits per heavy atom. The highest BCUT2D eigenvalue weighted by atomic mass is 16.5. The minimum atomic E-state index is 0.884. The number of aryl methyl sites for hydroxylation is 1. The van der Waals surface area contributed by atoms with E-state index < -0.39 is 0 Å². The Kier molecular flexibility index (Phi) is 8.90. The number of nitrogens with two attached hydrogens (primary N) is 1. The zero-order valence-electron chi connectivity index (χ0n) is 12.6. The molecule has 112 valence electrons. The van der Waals surface area contributed by atoms with Gasteiger partial charge >= 0.3 is 0 Å². The summed E-state index contributed by atoms with van der Waals surface area (Å²) in [6.07, 6.45) is 1.62. The molecule has 0 heterocycles. The fraction of sp³-hybridized carbons (Fsp3) is 0.118. The number of hydrogen-bond acceptors (Lipinski definition) is 5. The zero-order chi connectivity index (χ0) is 17.0. The number of hydrogen-bond donors (Lipinski definition) is 1. The molecule has 22 heavy (non-hydrogen) atoms. The highest BCUT2D eigenvalue weighted by molar-refractivity contribution is 5.81. The number of hydrazone groups is 1. The number of benzene rings is 2. The predicted octanol–water partition coefficient (Wildman–Crippen LogP) is 3.24. The van der Waals surface area contributed by atoms with E-state index in [9.17, 15) is 0 Å². The third kappa shape index (κ3) is 4.99. The van der Waals surface area contributed by atoms with Gasteiger partial charge in [0.15, 0.2) is 0 Å². The summed E-state index contributed by atoms with van der Waals surface area (Å²) in [5, 5.41) is 16.5. The summed E-state index contributed by atoms with van der Waals surface area (Å²) in [6, 6.07) is 14.2. The molecule has 0 spiro atoms. The molecule has 2 N–H and O–H groups in total. The van der Waals surface area contributed by atoms with Gasteiger partial charge in [-0.3, -0.25) is 0 Å². The molecule has 0 saturated heterocycles. The average Bonchev–Trinajstić information content (AvgIpc) is 2.59. The Morgan fingerprint density at radius 1 is 1.05 bits per heavy atom. The lowest BCUT2D eigenvalue weighted by molar-refractivity contribution is 0.416. The van der Waals surface area contributed by atoms with Gasteiger partial charge in [0.05, 0.1) is 13.3 Å². The molecule has 0 bridgehead atoms. The summed E-state index contributed by atoms with van der Waals surface area (Å²) in [5.41, 5.74) is 4.36. The number of nitriles is 2. The van der Waals surface area contributed by atoms with Crippen molar-refractivity contribution >= 4 is 6.21 Å². The van der Waals surface area contributed by atoms with Crippen molar-refractivity contribution in [3.63, 3.8) is 0 Å². The van der Waals surface area contributed by atoms with Crippen molar-refractivity contribution in [1.29, 1.82) is 10.5 Å². The molecule has 2 rings (SSSR count). The maximum absolute atomic E-state index is 6.50. The van der Waals surface area contributed by atoms with Crippen molar-refractivity contribution < 1.29 is 4.74 Å². The van der Waals surface area contributed by atoms with Gasteiger partial charge in [-0.25, -0.2) is 10.5 Å². The van der Waals surface area contributed by atoms with Crippen molar-refractivity contribution in [2.24, 2.45) is 10.9 Å². The van der Waals surface area contributed by atoms with E-state index in [1.165, 1.54) is 5.56 Å². The molecule has 5 nitrogen and oxygen atoms in total. The molecule has 0 saturated carbocycles. The molecule has 5 heteroatoms. The minimum absolute atomic E-state index is 0.884. The first kappa shape index (κ1) is 18.7. The Hall–Kier alpha value is -3.31. The lowest BCUT2D eigenvalue weighted by Gasteiger charge is -2.09. The molecular formula is C17H18N4O. The van der Waals surface area contributed by atoms with Crippen LogP contribution in [0.1, 0.15) is 11.1 Å². The Labute approximate surface area is 130 Å². The largest absolute Gasteiger partial charge is 0.496 e. The van der Waals surface area contributed by atoms with Crippen molar-refractivity contribution in [2.75, 3.05) is 7.11 Å². The molecular weight excluding hydrogens is 276 g/mol. The first-order valence-electron chi connectivity index (χ1n) is 6.24. The highest BCUT2D eigenvalue weighted by Gasteiger charge is 2.05. The van der Waals surface area contributed by atoms with E-state index >= 15 is 0 Å². The first-order chi connectivity index (χ1) is 10.7. The van der Waals surface area contributed by atoms with Crippen LogP contribution in [0.4, 0.5) is 0 Å². The SMILES string of the molecule is C#N.C#N.COc1cc(C)ccc1-c1ccc(C=NN)cc1. The second-order valence-electron chi connectivity index (χ2n) is 4.10. The van der Waals surface area contributed by atoms with Crippen LogP contribution < -0.4 is 10.6 Å². The van der Waals surface area contributed by atoms with Gasteiger partial charge in [0.2, 0.25) is 0 Å². The summed E-state index contributed by atoms with van der Waals surface area (Å²) in [7, 11) is 1.69. The van der Waals surface area contributed by atoms with Crippen LogP contribution in [0.3, 0.4) is 0 Å². The average molecular weight is 294 g/mol. The van der Waals surface area contributed by atoms with Crippen LogP contribution in [0.2, 0.25) is 0 Å². The second-order valence-corrected chi connectivity index (χ2v) is 4.10. The molecule has 0 aromatic heterocycles. The molecule has 0 atom stereocenters. The summed E-state index contributed by atoms with van der Waals surface area (Å²) in [5.74, 6) is 6.01. The molecule has 2 aromatic carbocycles. The minimum Gasteiger partial charge on any atom is -0.496 e. The van der Waals surface area contributed by atoms with Crippen LogP contribution in [0.5, 0.6) is 5.75 Å². The quantitative estimate of drug-likeness (QED) is 0.534. The summed E-state index contributed by atoms with van der Waals surface area (Å²) < 4.78 is 5.41. The lowest BCUT2D eigenvalue weighted by Crippen LogP contribution is -1.90. The smallest absolute Gasteiger partial charge is 0.126 e. The van der Waals surface area contributed by atoms with Crippen LogP contribution in [0, 0.1) is 30.6 Å². The fourth-order valence-corrected chi connectivity index (χ4v) is 1.87. The van der Waals surface area contributed by atoms with E-state index in [-0.39, 0.29) is 0 Å². The van der Waals surface area contributed by atoms with Crippen LogP contribution in [0.15, 0.2) is 47.6 Å². The number of nitrogens with zero attached hydrogens (tertiary/aromatic N) is 3. The van der Waals surface area contributed by atoms with Crippen molar-refractivity contribution in [3.8, 4) is 30.0 Å². The predicted molar refractivity (Wildman–Crippen MR) is 88.3 cm³/mol. The van der Waals surface area contributed by atoms with Crippen molar-refractivity contribution in [1.82, 2.24) is 0 Å². The van der Waals surface area contributed by atoms with E-state index in [1.807, 2.05) is 37.3 Å².